The molecule has 0 aromatic heterocycles. The number of carboxylic acid groups (broad SMARTS) is 1. The molecule has 0 saturated carbocycles. The molecule has 2 rings (SSSR count). The van der Waals surface area contributed by atoms with Crippen LogP contribution in [0.5, 0.6) is 11.5 Å². The van der Waals surface area contributed by atoms with Crippen molar-refractivity contribution in [1.29, 1.82) is 0 Å². The highest BCUT2D eigenvalue weighted by Crippen LogP contribution is 2.35. The van der Waals surface area contributed by atoms with Crippen molar-refractivity contribution in [1.82, 2.24) is 0 Å². The van der Waals surface area contributed by atoms with Crippen LogP contribution in [0.4, 0.5) is 10.1 Å². The molecule has 0 unspecified atom stereocenters. The Labute approximate surface area is 113 Å². The van der Waals surface area contributed by atoms with E-state index in [0.29, 0.717) is 0 Å². The van der Waals surface area contributed by atoms with Crippen molar-refractivity contribution in [3.63, 3.8) is 0 Å². The van der Waals surface area contributed by atoms with E-state index in [1.807, 2.05) is 0 Å². The van der Waals surface area contributed by atoms with Crippen LogP contribution in [0.25, 0.3) is 0 Å². The maximum atomic E-state index is 13.0. The topological polar surface area (TPSA) is 72.5 Å². The van der Waals surface area contributed by atoms with Gasteiger partial charge in [0, 0.05) is 11.8 Å². The number of anilines is 1. The molecule has 0 bridgehead atoms. The molecule has 3 N–H and O–H groups in total. The number of nitrogens with two attached hydrogens (primary N) is 1. The van der Waals surface area contributed by atoms with Gasteiger partial charge in [-0.3, -0.25) is 0 Å². The summed E-state index contributed by atoms with van der Waals surface area (Å²) in [6.07, 6.45) is 0. The molecule has 0 aliphatic heterocycles. The van der Waals surface area contributed by atoms with E-state index < -0.39 is 11.8 Å². The lowest BCUT2D eigenvalue weighted by atomic mass is 10.2. The lowest BCUT2D eigenvalue weighted by molar-refractivity contribution is 0.0694. The predicted octanol–water partition coefficient (Wildman–Crippen LogP) is 3.55. The second-order valence-electron chi connectivity index (χ2n) is 3.74. The van der Waals surface area contributed by atoms with Crippen molar-refractivity contribution in [3.05, 3.63) is 52.8 Å². The van der Waals surface area contributed by atoms with Gasteiger partial charge in [-0.2, -0.15) is 0 Å². The van der Waals surface area contributed by atoms with E-state index in [0.717, 1.165) is 6.07 Å². The number of hydrogen-bond acceptors (Lipinski definition) is 3. The van der Waals surface area contributed by atoms with E-state index in [9.17, 15) is 9.18 Å². The molecule has 2 aromatic carbocycles. The molecule has 0 heterocycles. The molecule has 0 amide bonds. The maximum absolute atomic E-state index is 13.0. The highest BCUT2D eigenvalue weighted by molar-refractivity contribution is 6.33. The zero-order valence-corrected chi connectivity index (χ0v) is 10.3. The van der Waals surface area contributed by atoms with Crippen LogP contribution in [0.2, 0.25) is 5.02 Å². The molecule has 0 radical (unpaired) electrons. The number of carboxylic acids is 1. The second kappa shape index (κ2) is 5.16. The first-order chi connectivity index (χ1) is 8.97. The molecule has 0 saturated heterocycles. The SMILES string of the molecule is Nc1cc(Cl)c(Oc2cccc(F)c2)c(C(=O)O)c1. The summed E-state index contributed by atoms with van der Waals surface area (Å²) in [7, 11) is 0. The minimum absolute atomic E-state index is 0.0432. The average molecular weight is 282 g/mol. The Bertz CT molecular complexity index is 646. The van der Waals surface area contributed by atoms with Crippen LogP contribution in [0, 0.1) is 5.82 Å². The molecule has 0 atom stereocenters. The van der Waals surface area contributed by atoms with Gasteiger partial charge in [-0.05, 0) is 24.3 Å². The Morgan fingerprint density at radius 2 is 2.05 bits per heavy atom. The van der Waals surface area contributed by atoms with Crippen LogP contribution in [-0.2, 0) is 0 Å². The van der Waals surface area contributed by atoms with Crippen LogP contribution >= 0.6 is 11.6 Å². The lowest BCUT2D eigenvalue weighted by Gasteiger charge is -2.11. The molecule has 0 fully saturated rings. The van der Waals surface area contributed by atoms with Gasteiger partial charge < -0.3 is 15.6 Å². The number of rotatable bonds is 3. The fraction of sp³-hybridized carbons (Fsp3) is 0. The van der Waals surface area contributed by atoms with Gasteiger partial charge in [0.15, 0.2) is 5.75 Å². The predicted molar refractivity (Wildman–Crippen MR) is 69.3 cm³/mol. The summed E-state index contributed by atoms with van der Waals surface area (Å²) < 4.78 is 18.4. The van der Waals surface area contributed by atoms with Gasteiger partial charge in [0.05, 0.1) is 5.02 Å². The van der Waals surface area contributed by atoms with E-state index in [1.165, 1.54) is 30.3 Å². The fourth-order valence-electron chi connectivity index (χ4n) is 1.53. The van der Waals surface area contributed by atoms with Crippen LogP contribution in [0.3, 0.4) is 0 Å². The molecule has 0 aliphatic carbocycles. The third-order valence-corrected chi connectivity index (χ3v) is 2.59. The highest BCUT2D eigenvalue weighted by atomic mass is 35.5. The molecule has 19 heavy (non-hydrogen) atoms. The Morgan fingerprint density at radius 1 is 1.32 bits per heavy atom. The van der Waals surface area contributed by atoms with E-state index in [4.69, 9.17) is 27.2 Å². The van der Waals surface area contributed by atoms with Crippen LogP contribution in [0.1, 0.15) is 10.4 Å². The third-order valence-electron chi connectivity index (χ3n) is 2.31. The number of aromatic carboxylic acids is 1. The van der Waals surface area contributed by atoms with Gasteiger partial charge in [0.25, 0.3) is 0 Å². The maximum Gasteiger partial charge on any atom is 0.339 e. The van der Waals surface area contributed by atoms with Gasteiger partial charge in [-0.1, -0.05) is 17.7 Å². The lowest BCUT2D eigenvalue weighted by Crippen LogP contribution is -2.02. The first kappa shape index (κ1) is 13.2. The molecular weight excluding hydrogens is 273 g/mol. The summed E-state index contributed by atoms with van der Waals surface area (Å²) in [5, 5.41) is 9.12. The minimum Gasteiger partial charge on any atom is -0.478 e. The average Bonchev–Trinajstić information content (AvgIpc) is 2.32. The van der Waals surface area contributed by atoms with Gasteiger partial charge in [0.2, 0.25) is 0 Å². The van der Waals surface area contributed by atoms with Crippen molar-refractivity contribution >= 4 is 23.3 Å². The molecule has 2 aromatic rings. The van der Waals surface area contributed by atoms with Gasteiger partial charge in [-0.25, -0.2) is 9.18 Å². The van der Waals surface area contributed by atoms with E-state index in [2.05, 4.69) is 0 Å². The molecule has 0 aliphatic rings. The monoisotopic (exact) mass is 281 g/mol. The smallest absolute Gasteiger partial charge is 0.339 e. The van der Waals surface area contributed by atoms with E-state index in [1.54, 1.807) is 0 Å². The van der Waals surface area contributed by atoms with Crippen molar-refractivity contribution in [2.24, 2.45) is 0 Å². The largest absolute Gasteiger partial charge is 0.478 e. The Kier molecular flexibility index (Phi) is 3.57. The zero-order chi connectivity index (χ0) is 14.0. The quantitative estimate of drug-likeness (QED) is 0.844. The van der Waals surface area contributed by atoms with Gasteiger partial charge in [-0.15, -0.1) is 0 Å². The van der Waals surface area contributed by atoms with Crippen molar-refractivity contribution in [2.45, 2.75) is 0 Å². The number of carbonyl (C=O) groups is 1. The van der Waals surface area contributed by atoms with Crippen molar-refractivity contribution < 1.29 is 19.0 Å². The van der Waals surface area contributed by atoms with Crippen LogP contribution < -0.4 is 10.5 Å². The Hall–Kier alpha value is -2.27. The second-order valence-corrected chi connectivity index (χ2v) is 4.15. The Morgan fingerprint density at radius 3 is 2.68 bits per heavy atom. The third kappa shape index (κ3) is 2.95. The molecular formula is C13H9ClFNO3. The number of benzene rings is 2. The molecule has 6 heteroatoms. The van der Waals surface area contributed by atoms with E-state index in [-0.39, 0.29) is 27.8 Å². The van der Waals surface area contributed by atoms with Crippen LogP contribution in [0.15, 0.2) is 36.4 Å². The number of ether oxygens (including phenoxy) is 1. The normalized spacial score (nSPS) is 10.2. The minimum atomic E-state index is -1.24. The van der Waals surface area contributed by atoms with Gasteiger partial charge in [0.1, 0.15) is 17.1 Å². The van der Waals surface area contributed by atoms with E-state index >= 15 is 0 Å². The number of nitrogen functional groups attached to an aromatic ring is 1. The molecule has 98 valence electrons. The summed E-state index contributed by atoms with van der Waals surface area (Å²) in [4.78, 5) is 11.1. The fourth-order valence-corrected chi connectivity index (χ4v) is 1.79. The van der Waals surface area contributed by atoms with Crippen LogP contribution in [-0.4, -0.2) is 11.1 Å². The summed E-state index contributed by atoms with van der Waals surface area (Å²) in [5.74, 6) is -1.66. The Balaban J connectivity index is 2.47. The first-order valence-electron chi connectivity index (χ1n) is 5.23. The van der Waals surface area contributed by atoms with Crippen molar-refractivity contribution in [2.75, 3.05) is 5.73 Å². The summed E-state index contributed by atoms with van der Waals surface area (Å²) in [6, 6.07) is 7.89. The first-order valence-corrected chi connectivity index (χ1v) is 5.61. The molecule has 0 spiro atoms. The van der Waals surface area contributed by atoms with Crippen molar-refractivity contribution in [3.8, 4) is 11.5 Å². The number of hydrogen-bond donors (Lipinski definition) is 2. The standard InChI is InChI=1S/C13H9ClFNO3/c14-11-6-8(16)5-10(13(17)18)12(11)19-9-3-1-2-7(15)4-9/h1-6H,16H2,(H,17,18). The van der Waals surface area contributed by atoms with Gasteiger partial charge >= 0.3 is 5.97 Å². The number of halogens is 2. The summed E-state index contributed by atoms with van der Waals surface area (Å²) in [6.45, 7) is 0. The zero-order valence-electron chi connectivity index (χ0n) is 9.56. The summed E-state index contributed by atoms with van der Waals surface area (Å²) in [5.41, 5.74) is 5.54. The summed E-state index contributed by atoms with van der Waals surface area (Å²) >= 11 is 5.91. The highest BCUT2D eigenvalue weighted by Gasteiger charge is 2.17. The molecule has 4 nitrogen and oxygen atoms in total.